The molecule has 0 bridgehead atoms. The van der Waals surface area contributed by atoms with Crippen LogP contribution >= 0.6 is 11.8 Å². The number of halogens is 1. The normalized spacial score (nSPS) is 18.8. The van der Waals surface area contributed by atoms with E-state index in [0.717, 1.165) is 12.8 Å². The summed E-state index contributed by atoms with van der Waals surface area (Å²) in [6, 6.07) is 6.89. The fourth-order valence-electron chi connectivity index (χ4n) is 3.09. The van der Waals surface area contributed by atoms with Crippen molar-refractivity contribution in [3.8, 4) is 11.4 Å². The van der Waals surface area contributed by atoms with E-state index in [-0.39, 0.29) is 23.0 Å². The Bertz CT molecular complexity index is 802. The Hall–Kier alpha value is -1.93. The van der Waals surface area contributed by atoms with Crippen molar-refractivity contribution in [2.45, 2.75) is 36.2 Å². The molecule has 1 aromatic carbocycles. The van der Waals surface area contributed by atoms with E-state index < -0.39 is 0 Å². The van der Waals surface area contributed by atoms with Gasteiger partial charge in [0.1, 0.15) is 5.82 Å². The van der Waals surface area contributed by atoms with Crippen molar-refractivity contribution in [1.29, 1.82) is 0 Å². The van der Waals surface area contributed by atoms with Gasteiger partial charge in [0.05, 0.1) is 24.0 Å². The lowest BCUT2D eigenvalue weighted by Gasteiger charge is -2.28. The smallest absolute Gasteiger partial charge is 0.236 e. The van der Waals surface area contributed by atoms with E-state index in [1.165, 1.54) is 17.8 Å². The molecule has 0 spiro atoms. The fraction of sp³-hybridized carbons (Fsp3) is 0.500. The molecule has 1 aliphatic carbocycles. The van der Waals surface area contributed by atoms with Gasteiger partial charge in [-0.15, -0.1) is 10.2 Å². The van der Waals surface area contributed by atoms with Crippen LogP contribution in [-0.4, -0.2) is 57.1 Å². The number of nitrogens with zero attached hydrogens (tertiary/aromatic N) is 4. The standard InChI is InChI=1S/C18H21FN4O2S/c1-12(17(24)22-8-10-25-11-9-22)26-18-21-20-16(23(18)13-6-7-13)14-4-2-3-5-15(14)19/h2-5,12-13H,6-11H2,1H3. The first-order valence-electron chi connectivity index (χ1n) is 8.88. The largest absolute Gasteiger partial charge is 0.378 e. The van der Waals surface area contributed by atoms with Gasteiger partial charge in [0.15, 0.2) is 11.0 Å². The van der Waals surface area contributed by atoms with Gasteiger partial charge in [-0.25, -0.2) is 4.39 Å². The summed E-state index contributed by atoms with van der Waals surface area (Å²) in [6.07, 6.45) is 2.05. The van der Waals surface area contributed by atoms with Crippen molar-refractivity contribution in [3.63, 3.8) is 0 Å². The third kappa shape index (κ3) is 3.48. The SMILES string of the molecule is CC(Sc1nnc(-c2ccccc2F)n1C1CC1)C(=O)N1CCOCC1. The Morgan fingerprint density at radius 3 is 2.69 bits per heavy atom. The van der Waals surface area contributed by atoms with E-state index in [4.69, 9.17) is 4.74 Å². The summed E-state index contributed by atoms with van der Waals surface area (Å²) in [7, 11) is 0. The van der Waals surface area contributed by atoms with Crippen LogP contribution in [0.3, 0.4) is 0 Å². The summed E-state index contributed by atoms with van der Waals surface area (Å²) in [5.41, 5.74) is 0.450. The summed E-state index contributed by atoms with van der Waals surface area (Å²) in [5, 5.41) is 8.92. The number of hydrogen-bond donors (Lipinski definition) is 0. The van der Waals surface area contributed by atoms with Crippen LogP contribution in [0.4, 0.5) is 4.39 Å². The second-order valence-corrected chi connectivity index (χ2v) is 7.89. The number of carbonyl (C=O) groups is 1. The van der Waals surface area contributed by atoms with E-state index >= 15 is 0 Å². The van der Waals surface area contributed by atoms with Crippen molar-refractivity contribution in [3.05, 3.63) is 30.1 Å². The van der Waals surface area contributed by atoms with Crippen LogP contribution < -0.4 is 0 Å². The number of rotatable bonds is 5. The highest BCUT2D eigenvalue weighted by Gasteiger charge is 2.33. The van der Waals surface area contributed by atoms with Gasteiger partial charge in [0, 0.05) is 19.1 Å². The molecule has 2 fully saturated rings. The van der Waals surface area contributed by atoms with E-state index in [1.54, 1.807) is 18.2 Å². The highest BCUT2D eigenvalue weighted by atomic mass is 32.2. The predicted octanol–water partition coefficient (Wildman–Crippen LogP) is 2.76. The van der Waals surface area contributed by atoms with Crippen LogP contribution in [0.15, 0.2) is 29.4 Å². The van der Waals surface area contributed by atoms with E-state index in [1.807, 2.05) is 16.4 Å². The maximum Gasteiger partial charge on any atom is 0.236 e. The molecule has 4 rings (SSSR count). The number of aromatic nitrogens is 3. The second kappa shape index (κ2) is 7.36. The molecule has 1 unspecified atom stereocenters. The molecule has 2 aromatic rings. The first-order chi connectivity index (χ1) is 12.6. The molecule has 1 saturated heterocycles. The van der Waals surface area contributed by atoms with Crippen LogP contribution in [0, 0.1) is 5.82 Å². The van der Waals surface area contributed by atoms with Gasteiger partial charge in [-0.2, -0.15) is 0 Å². The van der Waals surface area contributed by atoms with Gasteiger partial charge >= 0.3 is 0 Å². The first kappa shape index (κ1) is 17.5. The minimum absolute atomic E-state index is 0.0797. The number of ether oxygens (including phenoxy) is 1. The zero-order valence-electron chi connectivity index (χ0n) is 14.6. The number of hydrogen-bond acceptors (Lipinski definition) is 5. The second-order valence-electron chi connectivity index (χ2n) is 6.58. The molecular weight excluding hydrogens is 355 g/mol. The highest BCUT2D eigenvalue weighted by molar-refractivity contribution is 8.00. The Morgan fingerprint density at radius 1 is 1.27 bits per heavy atom. The minimum atomic E-state index is -0.309. The lowest BCUT2D eigenvalue weighted by Crippen LogP contribution is -2.44. The van der Waals surface area contributed by atoms with Crippen molar-refractivity contribution >= 4 is 17.7 Å². The lowest BCUT2D eigenvalue weighted by molar-refractivity contribution is -0.134. The molecule has 138 valence electrons. The van der Waals surface area contributed by atoms with Gasteiger partial charge in [0.2, 0.25) is 5.91 Å². The molecule has 2 heterocycles. The fourth-order valence-corrected chi connectivity index (χ4v) is 4.10. The highest BCUT2D eigenvalue weighted by Crippen LogP contribution is 2.42. The van der Waals surface area contributed by atoms with E-state index in [9.17, 15) is 9.18 Å². The number of benzene rings is 1. The van der Waals surface area contributed by atoms with E-state index in [0.29, 0.717) is 42.8 Å². The molecule has 26 heavy (non-hydrogen) atoms. The topological polar surface area (TPSA) is 60.2 Å². The number of morpholine rings is 1. The first-order valence-corrected chi connectivity index (χ1v) is 9.76. The van der Waals surface area contributed by atoms with Crippen molar-refractivity contribution in [1.82, 2.24) is 19.7 Å². The quantitative estimate of drug-likeness (QED) is 0.751. The van der Waals surface area contributed by atoms with Gasteiger partial charge in [-0.05, 0) is 31.9 Å². The molecule has 1 saturated carbocycles. The summed E-state index contributed by atoms with van der Waals surface area (Å²) >= 11 is 1.40. The average molecular weight is 376 g/mol. The van der Waals surface area contributed by atoms with Crippen LogP contribution in [0.2, 0.25) is 0 Å². The molecule has 6 nitrogen and oxygen atoms in total. The molecule has 1 amide bonds. The molecule has 0 N–H and O–H groups in total. The Labute approximate surface area is 155 Å². The Kier molecular flexibility index (Phi) is 4.95. The predicted molar refractivity (Wildman–Crippen MR) is 96.4 cm³/mol. The maximum absolute atomic E-state index is 14.2. The third-order valence-electron chi connectivity index (χ3n) is 4.64. The summed E-state index contributed by atoms with van der Waals surface area (Å²) in [4.78, 5) is 14.5. The molecule has 1 aliphatic heterocycles. The van der Waals surface area contributed by atoms with E-state index in [2.05, 4.69) is 10.2 Å². The number of thioether (sulfide) groups is 1. The monoisotopic (exact) mass is 376 g/mol. The number of carbonyl (C=O) groups excluding carboxylic acids is 1. The molecular formula is C18H21FN4O2S. The Balaban J connectivity index is 1.57. The third-order valence-corrected chi connectivity index (χ3v) is 5.69. The van der Waals surface area contributed by atoms with Crippen LogP contribution in [0.25, 0.3) is 11.4 Å². The maximum atomic E-state index is 14.2. The lowest BCUT2D eigenvalue weighted by atomic mass is 10.2. The van der Waals surface area contributed by atoms with Crippen LogP contribution in [0.5, 0.6) is 0 Å². The van der Waals surface area contributed by atoms with Crippen molar-refractivity contribution < 1.29 is 13.9 Å². The summed E-state index contributed by atoms with van der Waals surface area (Å²) in [5.74, 6) is 0.311. The van der Waals surface area contributed by atoms with Gasteiger partial charge in [-0.1, -0.05) is 23.9 Å². The van der Waals surface area contributed by atoms with Gasteiger partial charge in [0.25, 0.3) is 0 Å². The average Bonchev–Trinajstić information content (AvgIpc) is 3.43. The zero-order valence-corrected chi connectivity index (χ0v) is 15.4. The molecule has 0 radical (unpaired) electrons. The minimum Gasteiger partial charge on any atom is -0.378 e. The summed E-state index contributed by atoms with van der Waals surface area (Å²) < 4.78 is 21.5. The van der Waals surface area contributed by atoms with Gasteiger partial charge < -0.3 is 9.64 Å². The molecule has 8 heteroatoms. The number of amides is 1. The Morgan fingerprint density at radius 2 is 2.00 bits per heavy atom. The van der Waals surface area contributed by atoms with Crippen LogP contribution in [-0.2, 0) is 9.53 Å². The molecule has 1 aromatic heterocycles. The summed E-state index contributed by atoms with van der Waals surface area (Å²) in [6.45, 7) is 4.30. The van der Waals surface area contributed by atoms with Crippen LogP contribution in [0.1, 0.15) is 25.8 Å². The molecule has 2 aliphatic rings. The molecule has 1 atom stereocenters. The van der Waals surface area contributed by atoms with Crippen molar-refractivity contribution in [2.75, 3.05) is 26.3 Å². The zero-order chi connectivity index (χ0) is 18.1. The van der Waals surface area contributed by atoms with Gasteiger partial charge in [-0.3, -0.25) is 9.36 Å². The van der Waals surface area contributed by atoms with Crippen molar-refractivity contribution in [2.24, 2.45) is 0 Å².